The van der Waals surface area contributed by atoms with Crippen LogP contribution in [0.2, 0.25) is 0 Å². The van der Waals surface area contributed by atoms with E-state index in [9.17, 15) is 9.90 Å². The van der Waals surface area contributed by atoms with E-state index in [1.807, 2.05) is 37.3 Å². The Labute approximate surface area is 148 Å². The summed E-state index contributed by atoms with van der Waals surface area (Å²) in [6.07, 6.45) is 6.22. The summed E-state index contributed by atoms with van der Waals surface area (Å²) in [5.41, 5.74) is 10.1. The number of carbonyl (C=O) groups excluding carboxylic acids is 1. The molecule has 0 bridgehead atoms. The second kappa shape index (κ2) is 8.38. The highest BCUT2D eigenvalue weighted by Gasteiger charge is 2.13. The molecular weight excluding hydrogens is 314 g/mol. The molecule has 3 N–H and O–H groups in total. The lowest BCUT2D eigenvalue weighted by molar-refractivity contribution is 0.0999. The number of allylic oxidation sites excluding steroid dienone is 1. The summed E-state index contributed by atoms with van der Waals surface area (Å²) in [5, 5.41) is 10.2. The number of carbonyl (C=O) groups is 1. The Bertz CT molecular complexity index is 794. The minimum absolute atomic E-state index is 0.170. The van der Waals surface area contributed by atoms with Gasteiger partial charge >= 0.3 is 0 Å². The summed E-state index contributed by atoms with van der Waals surface area (Å²) in [7, 11) is 1.54. The fourth-order valence-electron chi connectivity index (χ4n) is 3.13. The molecule has 0 aliphatic rings. The molecule has 0 aliphatic carbocycles. The van der Waals surface area contributed by atoms with Crippen molar-refractivity contribution < 1.29 is 14.6 Å². The number of benzene rings is 2. The fourth-order valence-corrected chi connectivity index (χ4v) is 3.13. The Kier molecular flexibility index (Phi) is 6.23. The van der Waals surface area contributed by atoms with Crippen molar-refractivity contribution in [2.45, 2.75) is 33.1 Å². The number of aromatic hydroxyl groups is 1. The van der Waals surface area contributed by atoms with Gasteiger partial charge in [-0.05, 0) is 48.1 Å². The van der Waals surface area contributed by atoms with Crippen LogP contribution >= 0.6 is 0 Å². The number of primary amides is 1. The van der Waals surface area contributed by atoms with Crippen LogP contribution in [0.15, 0.2) is 36.4 Å². The smallest absolute Gasteiger partial charge is 0.248 e. The van der Waals surface area contributed by atoms with Gasteiger partial charge < -0.3 is 15.6 Å². The number of amides is 1. The van der Waals surface area contributed by atoms with E-state index in [0.29, 0.717) is 17.7 Å². The molecule has 0 unspecified atom stereocenters. The number of methoxy groups -OCH3 is 1. The molecule has 2 rings (SSSR count). The van der Waals surface area contributed by atoms with Crippen LogP contribution in [0.5, 0.6) is 11.5 Å². The number of ether oxygens (including phenoxy) is 1. The second-order valence-electron chi connectivity index (χ2n) is 5.81. The Morgan fingerprint density at radius 2 is 1.88 bits per heavy atom. The summed E-state index contributed by atoms with van der Waals surface area (Å²) in [4.78, 5) is 11.6. The Morgan fingerprint density at radius 3 is 2.48 bits per heavy atom. The number of rotatable bonds is 7. The Morgan fingerprint density at radius 1 is 1.16 bits per heavy atom. The van der Waals surface area contributed by atoms with Crippen LogP contribution in [-0.4, -0.2) is 18.1 Å². The maximum absolute atomic E-state index is 11.6. The monoisotopic (exact) mass is 339 g/mol. The van der Waals surface area contributed by atoms with Gasteiger partial charge in [0.05, 0.1) is 7.11 Å². The van der Waals surface area contributed by atoms with Gasteiger partial charge in [0.2, 0.25) is 5.91 Å². The van der Waals surface area contributed by atoms with Gasteiger partial charge in [0, 0.05) is 11.1 Å². The van der Waals surface area contributed by atoms with Gasteiger partial charge in [-0.2, -0.15) is 0 Å². The predicted octanol–water partition coefficient (Wildman–Crippen LogP) is 3.88. The van der Waals surface area contributed by atoms with Crippen LogP contribution in [0.4, 0.5) is 0 Å². The topological polar surface area (TPSA) is 72.6 Å². The van der Waals surface area contributed by atoms with Crippen molar-refractivity contribution in [3.63, 3.8) is 0 Å². The van der Waals surface area contributed by atoms with E-state index in [1.54, 1.807) is 12.1 Å². The number of hydrogen-bond donors (Lipinski definition) is 2. The number of phenols is 1. The van der Waals surface area contributed by atoms with Crippen LogP contribution < -0.4 is 10.5 Å². The molecule has 0 saturated carbocycles. The van der Waals surface area contributed by atoms with Crippen LogP contribution in [0.25, 0.3) is 6.08 Å². The van der Waals surface area contributed by atoms with E-state index in [4.69, 9.17) is 10.5 Å². The highest BCUT2D eigenvalue weighted by atomic mass is 16.5. The van der Waals surface area contributed by atoms with Crippen molar-refractivity contribution in [1.82, 2.24) is 0 Å². The second-order valence-corrected chi connectivity index (χ2v) is 5.81. The molecule has 0 atom stereocenters. The first-order valence-electron chi connectivity index (χ1n) is 8.49. The summed E-state index contributed by atoms with van der Waals surface area (Å²) in [6, 6.07) is 9.18. The van der Waals surface area contributed by atoms with E-state index < -0.39 is 0 Å². The van der Waals surface area contributed by atoms with Gasteiger partial charge in [-0.1, -0.05) is 44.2 Å². The molecular formula is C21H25NO3. The first-order chi connectivity index (χ1) is 12.0. The average molecular weight is 339 g/mol. The molecule has 4 nitrogen and oxygen atoms in total. The Balaban J connectivity index is 2.31. The summed E-state index contributed by atoms with van der Waals surface area (Å²) in [6.45, 7) is 4.10. The van der Waals surface area contributed by atoms with Gasteiger partial charge in [0.25, 0.3) is 0 Å². The standard InChI is InChI=1S/C21H25NO3/c1-4-16-14(12-13-18(21(22)24)17(16)5-2)8-6-9-15-10-7-11-19(25-3)20(15)23/h6-8,10-13,23H,4-5,9H2,1-3H3,(H2,22,24)/b8-6+. The predicted molar refractivity (Wildman–Crippen MR) is 101 cm³/mol. The molecule has 0 spiro atoms. The molecule has 0 aliphatic heterocycles. The molecule has 2 aromatic rings. The molecule has 0 aromatic heterocycles. The molecule has 132 valence electrons. The van der Waals surface area contributed by atoms with Gasteiger partial charge in [-0.3, -0.25) is 4.79 Å². The van der Waals surface area contributed by atoms with Gasteiger partial charge in [-0.15, -0.1) is 0 Å². The first kappa shape index (κ1) is 18.6. The summed E-state index contributed by atoms with van der Waals surface area (Å²) < 4.78 is 5.13. The zero-order valence-electron chi connectivity index (χ0n) is 15.0. The number of para-hydroxylation sites is 1. The molecule has 2 aromatic carbocycles. The van der Waals surface area contributed by atoms with Gasteiger partial charge in [0.15, 0.2) is 11.5 Å². The normalized spacial score (nSPS) is 11.0. The number of phenolic OH excluding ortho intramolecular Hbond substituents is 1. The highest BCUT2D eigenvalue weighted by molar-refractivity contribution is 5.95. The van der Waals surface area contributed by atoms with E-state index in [0.717, 1.165) is 35.1 Å². The van der Waals surface area contributed by atoms with Crippen molar-refractivity contribution in [1.29, 1.82) is 0 Å². The van der Waals surface area contributed by atoms with Crippen molar-refractivity contribution in [3.05, 3.63) is 64.2 Å². The highest BCUT2D eigenvalue weighted by Crippen LogP contribution is 2.30. The molecule has 4 heteroatoms. The molecule has 1 amide bonds. The maximum atomic E-state index is 11.6. The molecule has 0 fully saturated rings. The van der Waals surface area contributed by atoms with Crippen LogP contribution in [0.3, 0.4) is 0 Å². The average Bonchev–Trinajstić information content (AvgIpc) is 2.62. The van der Waals surface area contributed by atoms with Crippen molar-refractivity contribution in [3.8, 4) is 11.5 Å². The third-order valence-electron chi connectivity index (χ3n) is 4.38. The van der Waals surface area contributed by atoms with E-state index >= 15 is 0 Å². The lowest BCUT2D eigenvalue weighted by Gasteiger charge is -2.13. The van der Waals surface area contributed by atoms with Crippen molar-refractivity contribution in [2.75, 3.05) is 7.11 Å². The molecule has 0 saturated heterocycles. The zero-order valence-corrected chi connectivity index (χ0v) is 15.0. The molecule has 0 radical (unpaired) electrons. The van der Waals surface area contributed by atoms with Crippen molar-refractivity contribution >= 4 is 12.0 Å². The number of nitrogens with two attached hydrogens (primary N) is 1. The largest absolute Gasteiger partial charge is 0.504 e. The van der Waals surface area contributed by atoms with Gasteiger partial charge in [0.1, 0.15) is 0 Å². The molecule has 0 heterocycles. The van der Waals surface area contributed by atoms with E-state index in [1.165, 1.54) is 7.11 Å². The lowest BCUT2D eigenvalue weighted by Crippen LogP contribution is -2.15. The zero-order chi connectivity index (χ0) is 18.4. The minimum atomic E-state index is -0.386. The maximum Gasteiger partial charge on any atom is 0.248 e. The summed E-state index contributed by atoms with van der Waals surface area (Å²) >= 11 is 0. The fraction of sp³-hybridized carbons (Fsp3) is 0.286. The lowest BCUT2D eigenvalue weighted by atomic mass is 9.91. The van der Waals surface area contributed by atoms with Crippen LogP contribution in [0.1, 0.15) is 46.5 Å². The summed E-state index contributed by atoms with van der Waals surface area (Å²) in [5.74, 6) is 0.256. The van der Waals surface area contributed by atoms with Crippen LogP contribution in [-0.2, 0) is 19.3 Å². The minimum Gasteiger partial charge on any atom is -0.504 e. The third kappa shape index (κ3) is 4.02. The van der Waals surface area contributed by atoms with E-state index in [2.05, 4.69) is 6.92 Å². The SMILES string of the molecule is CCc1c(/C=C/Cc2cccc(OC)c2O)ccc(C(N)=O)c1CC. The van der Waals surface area contributed by atoms with Crippen LogP contribution in [0, 0.1) is 0 Å². The quantitative estimate of drug-likeness (QED) is 0.804. The first-order valence-corrected chi connectivity index (χ1v) is 8.49. The van der Waals surface area contributed by atoms with Gasteiger partial charge in [-0.25, -0.2) is 0 Å². The third-order valence-corrected chi connectivity index (χ3v) is 4.38. The Hall–Kier alpha value is -2.75. The molecule has 25 heavy (non-hydrogen) atoms. The van der Waals surface area contributed by atoms with Crippen molar-refractivity contribution in [2.24, 2.45) is 5.73 Å². The van der Waals surface area contributed by atoms with E-state index in [-0.39, 0.29) is 11.7 Å². The number of hydrogen-bond acceptors (Lipinski definition) is 3.